The summed E-state index contributed by atoms with van der Waals surface area (Å²) < 4.78 is 33.0. The summed E-state index contributed by atoms with van der Waals surface area (Å²) in [6.07, 6.45) is 0. The predicted octanol–water partition coefficient (Wildman–Crippen LogP) is 4.27. The number of aromatic nitrogens is 2. The molecule has 0 radical (unpaired) electrons. The van der Waals surface area contributed by atoms with Gasteiger partial charge < -0.3 is 4.52 Å². The van der Waals surface area contributed by atoms with Gasteiger partial charge in [0.25, 0.3) is 15.9 Å². The minimum Gasteiger partial charge on any atom is -0.333 e. The van der Waals surface area contributed by atoms with E-state index in [0.29, 0.717) is 16.4 Å². The van der Waals surface area contributed by atoms with Crippen LogP contribution in [0.5, 0.6) is 0 Å². The predicted molar refractivity (Wildman–Crippen MR) is 100 cm³/mol. The maximum absolute atomic E-state index is 12.5. The van der Waals surface area contributed by atoms with Crippen LogP contribution in [0.3, 0.4) is 0 Å². The molecule has 26 heavy (non-hydrogen) atoms. The van der Waals surface area contributed by atoms with E-state index in [1.807, 2.05) is 30.3 Å². The van der Waals surface area contributed by atoms with E-state index in [-0.39, 0.29) is 10.8 Å². The zero-order valence-electron chi connectivity index (χ0n) is 13.4. The van der Waals surface area contributed by atoms with Crippen LogP contribution in [0.2, 0.25) is 0 Å². The van der Waals surface area contributed by atoms with Gasteiger partial charge in [0.2, 0.25) is 5.82 Å². The van der Waals surface area contributed by atoms with Crippen LogP contribution in [0, 0.1) is 0 Å². The molecule has 130 valence electrons. The number of thiophene rings is 1. The summed E-state index contributed by atoms with van der Waals surface area (Å²) in [7, 11) is -3.69. The highest BCUT2D eigenvalue weighted by molar-refractivity contribution is 7.92. The zero-order chi connectivity index (χ0) is 18.0. The van der Waals surface area contributed by atoms with Crippen molar-refractivity contribution in [1.29, 1.82) is 0 Å². The van der Waals surface area contributed by atoms with Gasteiger partial charge in [-0.05, 0) is 23.6 Å². The third kappa shape index (κ3) is 3.24. The molecule has 0 unspecified atom stereocenters. The molecule has 0 saturated carbocycles. The Balaban J connectivity index is 1.65. The molecular formula is C18H13N3O3S2. The smallest absolute Gasteiger partial charge is 0.270 e. The van der Waals surface area contributed by atoms with E-state index in [1.54, 1.807) is 29.6 Å². The molecule has 4 aromatic rings. The van der Waals surface area contributed by atoms with Crippen molar-refractivity contribution in [3.63, 3.8) is 0 Å². The second-order valence-corrected chi connectivity index (χ2v) is 7.97. The lowest BCUT2D eigenvalue weighted by molar-refractivity contribution is 0.433. The van der Waals surface area contributed by atoms with Gasteiger partial charge in [-0.15, -0.1) is 11.3 Å². The Morgan fingerprint density at radius 1 is 0.923 bits per heavy atom. The molecule has 0 aliphatic rings. The number of hydrogen-bond acceptors (Lipinski definition) is 6. The van der Waals surface area contributed by atoms with Gasteiger partial charge in [0.1, 0.15) is 4.88 Å². The van der Waals surface area contributed by atoms with Crippen molar-refractivity contribution in [2.45, 2.75) is 4.90 Å². The Morgan fingerprint density at radius 2 is 1.62 bits per heavy atom. The normalized spacial score (nSPS) is 11.4. The van der Waals surface area contributed by atoms with Crippen molar-refractivity contribution in [3.05, 3.63) is 72.1 Å². The molecule has 0 amide bonds. The number of rotatable bonds is 5. The van der Waals surface area contributed by atoms with E-state index in [4.69, 9.17) is 4.52 Å². The van der Waals surface area contributed by atoms with E-state index < -0.39 is 10.0 Å². The molecule has 1 N–H and O–H groups in total. The summed E-state index contributed by atoms with van der Waals surface area (Å²) in [6, 6.07) is 19.3. The van der Waals surface area contributed by atoms with Crippen molar-refractivity contribution in [1.82, 2.24) is 10.1 Å². The fraction of sp³-hybridized carbons (Fsp3) is 0. The average Bonchev–Trinajstić information content (AvgIpc) is 3.32. The topological polar surface area (TPSA) is 85.1 Å². The van der Waals surface area contributed by atoms with Crippen LogP contribution in [-0.4, -0.2) is 18.6 Å². The molecule has 2 aromatic carbocycles. The van der Waals surface area contributed by atoms with Crippen LogP contribution in [0.1, 0.15) is 0 Å². The molecule has 2 heterocycles. The third-order valence-electron chi connectivity index (χ3n) is 3.62. The minimum absolute atomic E-state index is 0.188. The van der Waals surface area contributed by atoms with Gasteiger partial charge in [-0.2, -0.15) is 4.98 Å². The van der Waals surface area contributed by atoms with E-state index in [9.17, 15) is 8.42 Å². The first-order valence-corrected chi connectivity index (χ1v) is 10.0. The number of sulfonamides is 1. The van der Waals surface area contributed by atoms with Gasteiger partial charge in [-0.25, -0.2) is 8.42 Å². The molecule has 8 heteroatoms. The second kappa shape index (κ2) is 6.74. The Kier molecular flexibility index (Phi) is 4.27. The van der Waals surface area contributed by atoms with Gasteiger partial charge in [0.05, 0.1) is 10.6 Å². The lowest BCUT2D eigenvalue weighted by Gasteiger charge is -2.07. The maximum Gasteiger partial charge on any atom is 0.270 e. The lowest BCUT2D eigenvalue weighted by Crippen LogP contribution is -2.12. The number of nitrogens with one attached hydrogen (secondary N) is 1. The average molecular weight is 383 g/mol. The van der Waals surface area contributed by atoms with Gasteiger partial charge in [0.15, 0.2) is 0 Å². The van der Waals surface area contributed by atoms with Gasteiger partial charge in [-0.1, -0.05) is 53.7 Å². The number of nitrogens with zero attached hydrogens (tertiary/aromatic N) is 2. The SMILES string of the molecule is O=S(=O)(Nc1ccsc1-c1nc(-c2ccccc2)no1)c1ccccc1. The first kappa shape index (κ1) is 16.5. The maximum atomic E-state index is 12.5. The lowest BCUT2D eigenvalue weighted by atomic mass is 10.2. The number of hydrogen-bond donors (Lipinski definition) is 1. The monoisotopic (exact) mass is 383 g/mol. The van der Waals surface area contributed by atoms with E-state index in [0.717, 1.165) is 5.56 Å². The van der Waals surface area contributed by atoms with Crippen molar-refractivity contribution in [2.24, 2.45) is 0 Å². The Hall–Kier alpha value is -2.97. The fourth-order valence-corrected chi connectivity index (χ4v) is 4.31. The molecule has 0 fully saturated rings. The molecule has 0 aliphatic carbocycles. The summed E-state index contributed by atoms with van der Waals surface area (Å²) in [5, 5.41) is 5.75. The van der Waals surface area contributed by atoms with Crippen molar-refractivity contribution in [2.75, 3.05) is 4.72 Å². The molecule has 0 spiro atoms. The van der Waals surface area contributed by atoms with E-state index in [2.05, 4.69) is 14.9 Å². The minimum atomic E-state index is -3.69. The van der Waals surface area contributed by atoms with Crippen LogP contribution in [-0.2, 0) is 10.0 Å². The zero-order valence-corrected chi connectivity index (χ0v) is 15.0. The molecule has 0 atom stereocenters. The largest absolute Gasteiger partial charge is 0.333 e. The highest BCUT2D eigenvalue weighted by atomic mass is 32.2. The van der Waals surface area contributed by atoms with Crippen molar-refractivity contribution >= 4 is 27.0 Å². The first-order valence-electron chi connectivity index (χ1n) is 7.68. The van der Waals surface area contributed by atoms with Crippen LogP contribution in [0.15, 0.2) is 81.5 Å². The third-order valence-corrected chi connectivity index (χ3v) is 5.90. The van der Waals surface area contributed by atoms with Crippen LogP contribution >= 0.6 is 11.3 Å². The Labute approximate surface area is 154 Å². The molecule has 0 saturated heterocycles. The van der Waals surface area contributed by atoms with Crippen molar-refractivity contribution < 1.29 is 12.9 Å². The summed E-state index contributed by atoms with van der Waals surface area (Å²) >= 11 is 1.32. The summed E-state index contributed by atoms with van der Waals surface area (Å²) in [4.78, 5) is 5.14. The first-order chi connectivity index (χ1) is 12.6. The molecule has 4 rings (SSSR count). The van der Waals surface area contributed by atoms with E-state index >= 15 is 0 Å². The standard InChI is InChI=1S/C18H13N3O3S2/c22-26(23,14-9-5-2-6-10-14)21-15-11-12-25-16(15)18-19-17(20-24-18)13-7-3-1-4-8-13/h1-12,21H. The molecule has 2 aromatic heterocycles. The van der Waals surface area contributed by atoms with Crippen LogP contribution in [0.4, 0.5) is 5.69 Å². The van der Waals surface area contributed by atoms with E-state index in [1.165, 1.54) is 23.5 Å². The number of benzene rings is 2. The molecule has 0 bridgehead atoms. The molecular weight excluding hydrogens is 370 g/mol. The summed E-state index contributed by atoms with van der Waals surface area (Å²) in [5.41, 5.74) is 1.23. The van der Waals surface area contributed by atoms with Gasteiger partial charge in [0, 0.05) is 5.56 Å². The quantitative estimate of drug-likeness (QED) is 0.556. The van der Waals surface area contributed by atoms with Crippen LogP contribution < -0.4 is 4.72 Å². The van der Waals surface area contributed by atoms with Gasteiger partial charge >= 0.3 is 0 Å². The summed E-state index contributed by atoms with van der Waals surface area (Å²) in [6.45, 7) is 0. The summed E-state index contributed by atoms with van der Waals surface area (Å²) in [5.74, 6) is 0.718. The Morgan fingerprint density at radius 3 is 2.35 bits per heavy atom. The highest BCUT2D eigenvalue weighted by Gasteiger charge is 2.20. The second-order valence-electron chi connectivity index (χ2n) is 5.37. The van der Waals surface area contributed by atoms with Crippen molar-refractivity contribution in [3.8, 4) is 22.2 Å². The van der Waals surface area contributed by atoms with Gasteiger partial charge in [-0.3, -0.25) is 4.72 Å². The number of anilines is 1. The fourth-order valence-electron chi connectivity index (χ4n) is 2.38. The van der Waals surface area contributed by atoms with Crippen LogP contribution in [0.25, 0.3) is 22.2 Å². The molecule has 6 nitrogen and oxygen atoms in total. The Bertz CT molecular complexity index is 1120. The molecule has 0 aliphatic heterocycles. The highest BCUT2D eigenvalue weighted by Crippen LogP contribution is 2.34.